The molecule has 0 aromatic heterocycles. The van der Waals surface area contributed by atoms with E-state index in [2.05, 4.69) is 12.2 Å². The number of ether oxygens (including phenoxy) is 1. The molecule has 0 aliphatic heterocycles. The summed E-state index contributed by atoms with van der Waals surface area (Å²) in [6.45, 7) is 3.96. The molecule has 0 bridgehead atoms. The zero-order chi connectivity index (χ0) is 15.6. The van der Waals surface area contributed by atoms with Gasteiger partial charge in [0.1, 0.15) is 0 Å². The van der Waals surface area contributed by atoms with E-state index in [1.807, 2.05) is 7.05 Å². The van der Waals surface area contributed by atoms with Crippen molar-refractivity contribution in [3.63, 3.8) is 0 Å². The summed E-state index contributed by atoms with van der Waals surface area (Å²) in [6.07, 6.45) is 15.3. The van der Waals surface area contributed by atoms with Gasteiger partial charge in [0, 0.05) is 6.42 Å². The minimum atomic E-state index is -0.00133. The number of unbranched alkanes of at least 4 members (excludes halogenated alkanes) is 10. The van der Waals surface area contributed by atoms with E-state index in [0.717, 1.165) is 25.8 Å². The number of nitrogens with one attached hydrogen (secondary N) is 1. The molecule has 0 fully saturated rings. The summed E-state index contributed by atoms with van der Waals surface area (Å²) in [5.41, 5.74) is 0. The van der Waals surface area contributed by atoms with E-state index in [4.69, 9.17) is 4.74 Å². The van der Waals surface area contributed by atoms with Gasteiger partial charge in [0.25, 0.3) is 0 Å². The van der Waals surface area contributed by atoms with E-state index >= 15 is 0 Å². The number of rotatable bonds is 16. The maximum atomic E-state index is 11.5. The maximum Gasteiger partial charge on any atom is 0.305 e. The molecule has 0 aliphatic rings. The molecular formula is C18H37NO2. The standard InChI is InChI=1S/C18H37NO2/c1-3-4-5-9-12-15-18(20)21-17-14-11-8-6-7-10-13-16-19-2/h19H,3-17H2,1-2H3. The molecule has 21 heavy (non-hydrogen) atoms. The predicted molar refractivity (Wildman–Crippen MR) is 90.6 cm³/mol. The zero-order valence-electron chi connectivity index (χ0n) is 14.4. The molecule has 0 saturated carbocycles. The summed E-state index contributed by atoms with van der Waals surface area (Å²) < 4.78 is 5.26. The molecule has 0 amide bonds. The van der Waals surface area contributed by atoms with Gasteiger partial charge in [-0.1, -0.05) is 64.7 Å². The van der Waals surface area contributed by atoms with Crippen molar-refractivity contribution >= 4 is 5.97 Å². The fourth-order valence-corrected chi connectivity index (χ4v) is 2.42. The predicted octanol–water partition coefficient (Wildman–Crippen LogP) is 4.84. The average Bonchev–Trinajstić information content (AvgIpc) is 2.49. The molecule has 1 N–H and O–H groups in total. The van der Waals surface area contributed by atoms with Gasteiger partial charge in [0.15, 0.2) is 0 Å². The van der Waals surface area contributed by atoms with Gasteiger partial charge >= 0.3 is 5.97 Å². The Kier molecular flexibility index (Phi) is 17.0. The van der Waals surface area contributed by atoms with E-state index in [0.29, 0.717) is 13.0 Å². The van der Waals surface area contributed by atoms with Crippen molar-refractivity contribution in [3.8, 4) is 0 Å². The first kappa shape index (κ1) is 20.4. The second-order valence-electron chi connectivity index (χ2n) is 5.96. The van der Waals surface area contributed by atoms with Crippen LogP contribution in [0.1, 0.15) is 90.4 Å². The Balaban J connectivity index is 3.11. The molecule has 0 heterocycles. The van der Waals surface area contributed by atoms with Gasteiger partial charge in [-0.2, -0.15) is 0 Å². The summed E-state index contributed by atoms with van der Waals surface area (Å²) in [6, 6.07) is 0. The maximum absolute atomic E-state index is 11.5. The van der Waals surface area contributed by atoms with Crippen LogP contribution >= 0.6 is 0 Å². The van der Waals surface area contributed by atoms with Gasteiger partial charge in [-0.3, -0.25) is 4.79 Å². The van der Waals surface area contributed by atoms with Crippen LogP contribution in [0.5, 0.6) is 0 Å². The van der Waals surface area contributed by atoms with Crippen molar-refractivity contribution in [1.82, 2.24) is 5.32 Å². The van der Waals surface area contributed by atoms with Crippen LogP contribution in [-0.2, 0) is 9.53 Å². The number of carbonyl (C=O) groups is 1. The Morgan fingerprint density at radius 2 is 1.38 bits per heavy atom. The van der Waals surface area contributed by atoms with Crippen LogP contribution in [0.15, 0.2) is 0 Å². The number of hydrogen-bond acceptors (Lipinski definition) is 3. The minimum absolute atomic E-state index is 0.00133. The third kappa shape index (κ3) is 17.4. The van der Waals surface area contributed by atoms with E-state index in [1.54, 1.807) is 0 Å². The largest absolute Gasteiger partial charge is 0.466 e. The first-order chi connectivity index (χ1) is 10.3. The zero-order valence-corrected chi connectivity index (χ0v) is 14.4. The first-order valence-electron chi connectivity index (χ1n) is 9.11. The van der Waals surface area contributed by atoms with Crippen LogP contribution in [0.2, 0.25) is 0 Å². The van der Waals surface area contributed by atoms with Crippen LogP contribution in [0.4, 0.5) is 0 Å². The quantitative estimate of drug-likeness (QED) is 0.327. The monoisotopic (exact) mass is 299 g/mol. The molecule has 0 atom stereocenters. The minimum Gasteiger partial charge on any atom is -0.466 e. The Hall–Kier alpha value is -0.570. The SMILES string of the molecule is CCCCCCCC(=O)OCCCCCCCCCNC. The molecule has 0 radical (unpaired) electrons. The van der Waals surface area contributed by atoms with E-state index < -0.39 is 0 Å². The third-order valence-corrected chi connectivity index (χ3v) is 3.82. The molecular weight excluding hydrogens is 262 g/mol. The van der Waals surface area contributed by atoms with Crippen LogP contribution < -0.4 is 5.32 Å². The lowest BCUT2D eigenvalue weighted by Gasteiger charge is -2.05. The van der Waals surface area contributed by atoms with Crippen LogP contribution in [0, 0.1) is 0 Å². The molecule has 126 valence electrons. The first-order valence-corrected chi connectivity index (χ1v) is 9.11. The normalized spacial score (nSPS) is 10.8. The number of carbonyl (C=O) groups excluding carboxylic acids is 1. The van der Waals surface area contributed by atoms with E-state index in [1.165, 1.54) is 57.8 Å². The van der Waals surface area contributed by atoms with Gasteiger partial charge < -0.3 is 10.1 Å². The second kappa shape index (κ2) is 17.5. The fourth-order valence-electron chi connectivity index (χ4n) is 2.42. The lowest BCUT2D eigenvalue weighted by molar-refractivity contribution is -0.143. The van der Waals surface area contributed by atoms with Crippen molar-refractivity contribution in [2.24, 2.45) is 0 Å². The molecule has 0 aromatic carbocycles. The summed E-state index contributed by atoms with van der Waals surface area (Å²) in [5, 5.41) is 3.17. The van der Waals surface area contributed by atoms with Crippen LogP contribution in [0.3, 0.4) is 0 Å². The highest BCUT2D eigenvalue weighted by molar-refractivity contribution is 5.69. The van der Waals surface area contributed by atoms with Crippen molar-refractivity contribution in [3.05, 3.63) is 0 Å². The number of esters is 1. The summed E-state index contributed by atoms with van der Waals surface area (Å²) >= 11 is 0. The topological polar surface area (TPSA) is 38.3 Å². The number of hydrogen-bond donors (Lipinski definition) is 1. The van der Waals surface area contributed by atoms with Crippen LogP contribution in [-0.4, -0.2) is 26.2 Å². The van der Waals surface area contributed by atoms with E-state index in [9.17, 15) is 4.79 Å². The molecule has 3 nitrogen and oxygen atoms in total. The van der Waals surface area contributed by atoms with Gasteiger partial charge in [-0.25, -0.2) is 0 Å². The lowest BCUT2D eigenvalue weighted by atomic mass is 10.1. The van der Waals surface area contributed by atoms with Crippen LogP contribution in [0.25, 0.3) is 0 Å². The Morgan fingerprint density at radius 3 is 2.05 bits per heavy atom. The Bertz CT molecular complexity index is 219. The van der Waals surface area contributed by atoms with Gasteiger partial charge in [0.05, 0.1) is 6.61 Å². The molecule has 0 aliphatic carbocycles. The van der Waals surface area contributed by atoms with E-state index in [-0.39, 0.29) is 5.97 Å². The fraction of sp³-hybridized carbons (Fsp3) is 0.944. The molecule has 0 unspecified atom stereocenters. The summed E-state index contributed by atoms with van der Waals surface area (Å²) in [7, 11) is 2.01. The highest BCUT2D eigenvalue weighted by Crippen LogP contribution is 2.08. The van der Waals surface area contributed by atoms with Gasteiger partial charge in [-0.05, 0) is 32.9 Å². The van der Waals surface area contributed by atoms with Crippen molar-refractivity contribution in [1.29, 1.82) is 0 Å². The molecule has 0 saturated heterocycles. The Morgan fingerprint density at radius 1 is 0.810 bits per heavy atom. The Labute approximate surface area is 132 Å². The molecule has 3 heteroatoms. The summed E-state index contributed by atoms with van der Waals surface area (Å²) in [4.78, 5) is 11.5. The smallest absolute Gasteiger partial charge is 0.305 e. The van der Waals surface area contributed by atoms with Gasteiger partial charge in [-0.15, -0.1) is 0 Å². The van der Waals surface area contributed by atoms with Crippen molar-refractivity contribution in [2.45, 2.75) is 90.4 Å². The van der Waals surface area contributed by atoms with Crippen molar-refractivity contribution < 1.29 is 9.53 Å². The summed E-state index contributed by atoms with van der Waals surface area (Å²) in [5.74, 6) is -0.00133. The van der Waals surface area contributed by atoms with Crippen molar-refractivity contribution in [2.75, 3.05) is 20.2 Å². The highest BCUT2D eigenvalue weighted by atomic mass is 16.5. The third-order valence-electron chi connectivity index (χ3n) is 3.82. The molecule has 0 spiro atoms. The average molecular weight is 299 g/mol. The molecule has 0 rings (SSSR count). The van der Waals surface area contributed by atoms with Gasteiger partial charge in [0.2, 0.25) is 0 Å². The highest BCUT2D eigenvalue weighted by Gasteiger charge is 2.02. The lowest BCUT2D eigenvalue weighted by Crippen LogP contribution is -2.06. The second-order valence-corrected chi connectivity index (χ2v) is 5.96. The molecule has 0 aromatic rings.